The summed E-state index contributed by atoms with van der Waals surface area (Å²) in [6, 6.07) is 14.7. The molecule has 2 aromatic carbocycles. The summed E-state index contributed by atoms with van der Waals surface area (Å²) in [6.45, 7) is 4.60. The first-order valence-electron chi connectivity index (χ1n) is 8.80. The van der Waals surface area contributed by atoms with Crippen LogP contribution in [0, 0.1) is 5.92 Å². The van der Waals surface area contributed by atoms with Crippen molar-refractivity contribution in [2.45, 2.75) is 32.1 Å². The molecule has 3 rings (SSSR count). The van der Waals surface area contributed by atoms with Gasteiger partial charge in [-0.25, -0.2) is 0 Å². The number of amides is 2. The molecular formula is C21H23ClN2O2. The first-order valence-corrected chi connectivity index (χ1v) is 9.18. The van der Waals surface area contributed by atoms with Crippen LogP contribution in [0.2, 0.25) is 5.02 Å². The zero-order chi connectivity index (χ0) is 18.7. The second kappa shape index (κ2) is 7.50. The van der Waals surface area contributed by atoms with Crippen LogP contribution < -0.4 is 10.6 Å². The van der Waals surface area contributed by atoms with Gasteiger partial charge in [0.25, 0.3) is 5.91 Å². The van der Waals surface area contributed by atoms with E-state index >= 15 is 0 Å². The van der Waals surface area contributed by atoms with Crippen LogP contribution in [0.5, 0.6) is 0 Å². The summed E-state index contributed by atoms with van der Waals surface area (Å²) in [6.07, 6.45) is 1.90. The van der Waals surface area contributed by atoms with Crippen molar-refractivity contribution in [3.8, 4) is 0 Å². The fourth-order valence-corrected chi connectivity index (χ4v) is 2.93. The van der Waals surface area contributed by atoms with Gasteiger partial charge in [-0.15, -0.1) is 0 Å². The largest absolute Gasteiger partial charge is 0.351 e. The van der Waals surface area contributed by atoms with E-state index in [0.717, 1.165) is 18.4 Å². The van der Waals surface area contributed by atoms with Gasteiger partial charge in [0.1, 0.15) is 0 Å². The highest BCUT2D eigenvalue weighted by Gasteiger charge is 2.29. The van der Waals surface area contributed by atoms with Crippen molar-refractivity contribution in [2.75, 3.05) is 11.9 Å². The van der Waals surface area contributed by atoms with E-state index in [1.807, 2.05) is 24.3 Å². The molecule has 0 aromatic heterocycles. The lowest BCUT2D eigenvalue weighted by atomic mass is 9.84. The molecule has 1 aliphatic carbocycles. The molecule has 2 aromatic rings. The van der Waals surface area contributed by atoms with Gasteiger partial charge in [0.2, 0.25) is 5.91 Å². The molecule has 0 aliphatic heterocycles. The highest BCUT2D eigenvalue weighted by molar-refractivity contribution is 6.30. The van der Waals surface area contributed by atoms with Crippen LogP contribution in [-0.4, -0.2) is 18.4 Å². The van der Waals surface area contributed by atoms with Crippen molar-refractivity contribution in [2.24, 2.45) is 5.92 Å². The predicted molar refractivity (Wildman–Crippen MR) is 105 cm³/mol. The Bertz CT molecular complexity index is 828. The maximum absolute atomic E-state index is 12.5. The summed E-state index contributed by atoms with van der Waals surface area (Å²) >= 11 is 6.07. The van der Waals surface area contributed by atoms with Gasteiger partial charge in [0.05, 0.1) is 0 Å². The van der Waals surface area contributed by atoms with Crippen molar-refractivity contribution in [3.63, 3.8) is 0 Å². The van der Waals surface area contributed by atoms with Crippen LogP contribution in [0.1, 0.15) is 42.6 Å². The number of carbonyl (C=O) groups excluding carboxylic acids is 2. The molecule has 0 unspecified atom stereocenters. The lowest BCUT2D eigenvalue weighted by Crippen LogP contribution is -2.36. The lowest BCUT2D eigenvalue weighted by Gasteiger charge is -2.26. The fourth-order valence-electron chi connectivity index (χ4n) is 2.74. The predicted octanol–water partition coefficient (Wildman–Crippen LogP) is 4.40. The zero-order valence-corrected chi connectivity index (χ0v) is 15.8. The van der Waals surface area contributed by atoms with Gasteiger partial charge in [0, 0.05) is 34.2 Å². The number of nitrogens with one attached hydrogen (secondary N) is 2. The SMILES string of the molecule is CC(C)(CNC(=O)c1cccc(NC(=O)C2CC2)c1)c1cccc(Cl)c1. The minimum absolute atomic E-state index is 0.0321. The number of rotatable bonds is 6. The molecule has 5 heteroatoms. The lowest BCUT2D eigenvalue weighted by molar-refractivity contribution is -0.117. The Labute approximate surface area is 158 Å². The monoisotopic (exact) mass is 370 g/mol. The first-order chi connectivity index (χ1) is 12.3. The molecule has 0 spiro atoms. The number of carbonyl (C=O) groups is 2. The summed E-state index contributed by atoms with van der Waals surface area (Å²) in [4.78, 5) is 24.4. The third-order valence-corrected chi connectivity index (χ3v) is 4.87. The van der Waals surface area contributed by atoms with Crippen LogP contribution in [0.3, 0.4) is 0 Å². The van der Waals surface area contributed by atoms with E-state index in [0.29, 0.717) is 22.8 Å². The second-order valence-corrected chi connectivity index (χ2v) is 7.86. The topological polar surface area (TPSA) is 58.2 Å². The normalized spacial score (nSPS) is 14.0. The Hall–Kier alpha value is -2.33. The molecule has 0 heterocycles. The van der Waals surface area contributed by atoms with E-state index in [2.05, 4.69) is 24.5 Å². The third kappa shape index (κ3) is 4.64. The molecule has 26 heavy (non-hydrogen) atoms. The quantitative estimate of drug-likeness (QED) is 0.791. The molecule has 0 bridgehead atoms. The summed E-state index contributed by atoms with van der Waals surface area (Å²) < 4.78 is 0. The number of hydrogen-bond acceptors (Lipinski definition) is 2. The van der Waals surface area contributed by atoms with Crippen LogP contribution >= 0.6 is 11.6 Å². The van der Waals surface area contributed by atoms with Crippen molar-refractivity contribution < 1.29 is 9.59 Å². The molecule has 0 atom stereocenters. The minimum atomic E-state index is -0.252. The Morgan fingerprint density at radius 2 is 1.85 bits per heavy atom. The molecule has 136 valence electrons. The Morgan fingerprint density at radius 1 is 1.12 bits per heavy atom. The van der Waals surface area contributed by atoms with Crippen LogP contribution in [-0.2, 0) is 10.2 Å². The summed E-state index contributed by atoms with van der Waals surface area (Å²) in [7, 11) is 0. The molecular weight excluding hydrogens is 348 g/mol. The van der Waals surface area contributed by atoms with Crippen molar-refractivity contribution >= 4 is 29.1 Å². The van der Waals surface area contributed by atoms with Gasteiger partial charge in [-0.05, 0) is 48.7 Å². The third-order valence-electron chi connectivity index (χ3n) is 4.64. The summed E-state index contributed by atoms with van der Waals surface area (Å²) in [5.41, 5.74) is 2.00. The average molecular weight is 371 g/mol. The van der Waals surface area contributed by atoms with Gasteiger partial charge in [-0.2, -0.15) is 0 Å². The molecule has 1 aliphatic rings. The van der Waals surface area contributed by atoms with Gasteiger partial charge in [0.15, 0.2) is 0 Å². The van der Waals surface area contributed by atoms with E-state index in [9.17, 15) is 9.59 Å². The smallest absolute Gasteiger partial charge is 0.251 e. The summed E-state index contributed by atoms with van der Waals surface area (Å²) in [5, 5.41) is 6.53. The van der Waals surface area contributed by atoms with E-state index in [1.165, 1.54) is 0 Å². The molecule has 2 N–H and O–H groups in total. The fraction of sp³-hybridized carbons (Fsp3) is 0.333. The standard InChI is InChI=1S/C21H23ClN2O2/c1-21(2,16-6-4-7-17(22)12-16)13-23-19(25)15-5-3-8-18(11-15)24-20(26)14-9-10-14/h3-8,11-12,14H,9-10,13H2,1-2H3,(H,23,25)(H,24,26). The first kappa shape index (κ1) is 18.5. The Kier molecular flexibility index (Phi) is 5.33. The maximum atomic E-state index is 12.5. The molecule has 4 nitrogen and oxygen atoms in total. The van der Waals surface area contributed by atoms with E-state index in [1.54, 1.807) is 24.3 Å². The van der Waals surface area contributed by atoms with Gasteiger partial charge in [-0.1, -0.05) is 43.6 Å². The second-order valence-electron chi connectivity index (χ2n) is 7.42. The number of hydrogen-bond donors (Lipinski definition) is 2. The van der Waals surface area contributed by atoms with Gasteiger partial charge >= 0.3 is 0 Å². The maximum Gasteiger partial charge on any atom is 0.251 e. The highest BCUT2D eigenvalue weighted by Crippen LogP contribution is 2.30. The Morgan fingerprint density at radius 3 is 2.54 bits per heavy atom. The number of anilines is 1. The van der Waals surface area contributed by atoms with E-state index in [-0.39, 0.29) is 23.1 Å². The van der Waals surface area contributed by atoms with Crippen LogP contribution in [0.4, 0.5) is 5.69 Å². The molecule has 0 saturated heterocycles. The van der Waals surface area contributed by atoms with Gasteiger partial charge < -0.3 is 10.6 Å². The van der Waals surface area contributed by atoms with Crippen LogP contribution in [0.25, 0.3) is 0 Å². The molecule has 1 saturated carbocycles. The molecule has 2 amide bonds. The van der Waals surface area contributed by atoms with Gasteiger partial charge in [-0.3, -0.25) is 9.59 Å². The highest BCUT2D eigenvalue weighted by atomic mass is 35.5. The molecule has 1 fully saturated rings. The van der Waals surface area contributed by atoms with Crippen LogP contribution in [0.15, 0.2) is 48.5 Å². The number of benzene rings is 2. The van der Waals surface area contributed by atoms with E-state index < -0.39 is 0 Å². The Balaban J connectivity index is 1.63. The van der Waals surface area contributed by atoms with Crippen molar-refractivity contribution in [1.82, 2.24) is 5.32 Å². The summed E-state index contributed by atoms with van der Waals surface area (Å²) in [5.74, 6) is -0.00162. The van der Waals surface area contributed by atoms with Crippen molar-refractivity contribution in [1.29, 1.82) is 0 Å². The number of halogens is 1. The van der Waals surface area contributed by atoms with Crippen molar-refractivity contribution in [3.05, 3.63) is 64.7 Å². The zero-order valence-electron chi connectivity index (χ0n) is 15.0. The molecule has 0 radical (unpaired) electrons. The van der Waals surface area contributed by atoms with E-state index in [4.69, 9.17) is 11.6 Å². The minimum Gasteiger partial charge on any atom is -0.351 e. The average Bonchev–Trinajstić information content (AvgIpc) is 3.45.